The normalized spacial score (nSPS) is 15.7. The molecule has 2 unspecified atom stereocenters. The minimum absolute atomic E-state index is 0.580. The van der Waals surface area contributed by atoms with E-state index in [0.717, 1.165) is 5.56 Å². The fraction of sp³-hybridized carbons (Fsp3) is 0.333. The van der Waals surface area contributed by atoms with Gasteiger partial charge in [0.1, 0.15) is 6.17 Å². The average Bonchev–Trinajstić information content (AvgIpc) is 2.03. The van der Waals surface area contributed by atoms with Crippen molar-refractivity contribution >= 4 is 11.6 Å². The van der Waals surface area contributed by atoms with Crippen LogP contribution in [0.4, 0.5) is 4.39 Å². The molecule has 2 N–H and O–H groups in total. The molecule has 0 amide bonds. The van der Waals surface area contributed by atoms with Crippen molar-refractivity contribution < 1.29 is 4.39 Å². The summed E-state index contributed by atoms with van der Waals surface area (Å²) in [6, 6.07) is 6.37. The van der Waals surface area contributed by atoms with Crippen LogP contribution in [0.1, 0.15) is 18.5 Å². The van der Waals surface area contributed by atoms with E-state index in [1.54, 1.807) is 24.3 Å². The Morgan fingerprint density at radius 2 is 2.17 bits per heavy atom. The number of halogens is 2. The van der Waals surface area contributed by atoms with Crippen molar-refractivity contribution in [3.63, 3.8) is 0 Å². The molecule has 2 atom stereocenters. The van der Waals surface area contributed by atoms with Crippen LogP contribution in [0.5, 0.6) is 0 Å². The highest BCUT2D eigenvalue weighted by Gasteiger charge is 2.13. The first kappa shape index (κ1) is 9.49. The van der Waals surface area contributed by atoms with Crippen LogP contribution in [0, 0.1) is 0 Å². The molecule has 0 fully saturated rings. The highest BCUT2D eigenvalue weighted by atomic mass is 35.5. The maximum Gasteiger partial charge on any atom is 0.116 e. The Kier molecular flexibility index (Phi) is 3.06. The van der Waals surface area contributed by atoms with Gasteiger partial charge in [-0.25, -0.2) is 4.39 Å². The van der Waals surface area contributed by atoms with Crippen LogP contribution in [0.3, 0.4) is 0 Å². The van der Waals surface area contributed by atoms with Gasteiger partial charge in [0.05, 0.1) is 6.04 Å². The van der Waals surface area contributed by atoms with Crippen molar-refractivity contribution in [1.82, 2.24) is 0 Å². The van der Waals surface area contributed by atoms with Gasteiger partial charge in [0.2, 0.25) is 0 Å². The lowest BCUT2D eigenvalue weighted by atomic mass is 10.0. The lowest BCUT2D eigenvalue weighted by Gasteiger charge is -2.12. The van der Waals surface area contributed by atoms with Crippen molar-refractivity contribution in [1.29, 1.82) is 0 Å². The number of hydrogen-bond acceptors (Lipinski definition) is 1. The minimum atomic E-state index is -1.05. The van der Waals surface area contributed by atoms with E-state index in [2.05, 4.69) is 0 Å². The fourth-order valence-electron chi connectivity index (χ4n) is 0.979. The third-order valence-electron chi connectivity index (χ3n) is 1.73. The minimum Gasteiger partial charge on any atom is -0.322 e. The van der Waals surface area contributed by atoms with E-state index in [4.69, 9.17) is 17.3 Å². The molecule has 1 aromatic carbocycles. The second kappa shape index (κ2) is 3.87. The summed E-state index contributed by atoms with van der Waals surface area (Å²) in [6.07, 6.45) is -1.05. The van der Waals surface area contributed by atoms with Gasteiger partial charge in [-0.15, -0.1) is 0 Å². The molecule has 12 heavy (non-hydrogen) atoms. The summed E-state index contributed by atoms with van der Waals surface area (Å²) in [5.74, 6) is 0. The predicted molar refractivity (Wildman–Crippen MR) is 49.0 cm³/mol. The SMILES string of the molecule is CC(F)C(N)c1cccc(Cl)c1. The largest absolute Gasteiger partial charge is 0.322 e. The second-order valence-electron chi connectivity index (χ2n) is 2.76. The van der Waals surface area contributed by atoms with Crippen LogP contribution in [0.25, 0.3) is 0 Å². The van der Waals surface area contributed by atoms with Crippen molar-refractivity contribution in [2.24, 2.45) is 5.73 Å². The zero-order valence-electron chi connectivity index (χ0n) is 6.80. The average molecular weight is 188 g/mol. The number of alkyl halides is 1. The number of benzene rings is 1. The Morgan fingerprint density at radius 3 is 2.67 bits per heavy atom. The van der Waals surface area contributed by atoms with Gasteiger partial charge < -0.3 is 5.73 Å². The van der Waals surface area contributed by atoms with Crippen molar-refractivity contribution in [2.45, 2.75) is 19.1 Å². The molecule has 0 aliphatic carbocycles. The molecule has 0 saturated carbocycles. The van der Waals surface area contributed by atoms with Gasteiger partial charge in [-0.1, -0.05) is 23.7 Å². The first-order valence-corrected chi connectivity index (χ1v) is 4.14. The van der Waals surface area contributed by atoms with Crippen molar-refractivity contribution in [3.05, 3.63) is 34.9 Å². The third kappa shape index (κ3) is 2.19. The highest BCUT2D eigenvalue weighted by Crippen LogP contribution is 2.19. The van der Waals surface area contributed by atoms with Crippen LogP contribution in [0.2, 0.25) is 5.02 Å². The van der Waals surface area contributed by atoms with E-state index in [0.29, 0.717) is 5.02 Å². The summed E-state index contributed by atoms with van der Waals surface area (Å²) in [4.78, 5) is 0. The smallest absolute Gasteiger partial charge is 0.116 e. The van der Waals surface area contributed by atoms with E-state index in [-0.39, 0.29) is 0 Å². The lowest BCUT2D eigenvalue weighted by molar-refractivity contribution is 0.309. The maximum atomic E-state index is 12.7. The topological polar surface area (TPSA) is 26.0 Å². The number of rotatable bonds is 2. The first-order valence-electron chi connectivity index (χ1n) is 3.76. The third-order valence-corrected chi connectivity index (χ3v) is 1.96. The summed E-state index contributed by atoms with van der Waals surface area (Å²) in [5.41, 5.74) is 6.31. The molecule has 0 aliphatic rings. The molecule has 0 spiro atoms. The Balaban J connectivity index is 2.88. The molecule has 0 aliphatic heterocycles. The zero-order chi connectivity index (χ0) is 9.14. The summed E-state index contributed by atoms with van der Waals surface area (Å²) in [6.45, 7) is 1.44. The Hall–Kier alpha value is -0.600. The van der Waals surface area contributed by atoms with E-state index >= 15 is 0 Å². The van der Waals surface area contributed by atoms with Crippen LogP contribution in [-0.4, -0.2) is 6.17 Å². The van der Waals surface area contributed by atoms with Gasteiger partial charge in [-0.2, -0.15) is 0 Å². The molecule has 0 bridgehead atoms. The molecule has 3 heteroatoms. The molecule has 66 valence electrons. The number of hydrogen-bond donors (Lipinski definition) is 1. The molecule has 0 heterocycles. The summed E-state index contributed by atoms with van der Waals surface area (Å²) in [7, 11) is 0. The van der Waals surface area contributed by atoms with Crippen LogP contribution in [-0.2, 0) is 0 Å². The summed E-state index contributed by atoms with van der Waals surface area (Å²) >= 11 is 5.72. The monoisotopic (exact) mass is 187 g/mol. The Labute approximate surface area is 76.3 Å². The molecule has 0 radical (unpaired) electrons. The van der Waals surface area contributed by atoms with E-state index in [9.17, 15) is 4.39 Å². The van der Waals surface area contributed by atoms with Gasteiger partial charge in [0.25, 0.3) is 0 Å². The zero-order valence-corrected chi connectivity index (χ0v) is 7.55. The fourth-order valence-corrected chi connectivity index (χ4v) is 1.18. The molecule has 1 aromatic rings. The highest BCUT2D eigenvalue weighted by molar-refractivity contribution is 6.30. The number of nitrogens with two attached hydrogens (primary N) is 1. The molecule has 1 nitrogen and oxygen atoms in total. The van der Waals surface area contributed by atoms with E-state index < -0.39 is 12.2 Å². The van der Waals surface area contributed by atoms with Gasteiger partial charge in [0, 0.05) is 5.02 Å². The first-order chi connectivity index (χ1) is 5.61. The van der Waals surface area contributed by atoms with Crippen molar-refractivity contribution in [3.8, 4) is 0 Å². The summed E-state index contributed by atoms with van der Waals surface area (Å²) in [5, 5.41) is 0.587. The maximum absolute atomic E-state index is 12.7. The van der Waals surface area contributed by atoms with Gasteiger partial charge >= 0.3 is 0 Å². The van der Waals surface area contributed by atoms with Gasteiger partial charge in [-0.3, -0.25) is 0 Å². The van der Waals surface area contributed by atoms with Crippen LogP contribution >= 0.6 is 11.6 Å². The molecule has 0 aromatic heterocycles. The lowest BCUT2D eigenvalue weighted by Crippen LogP contribution is -2.19. The van der Waals surface area contributed by atoms with E-state index in [1.807, 2.05) is 0 Å². The molecule has 1 rings (SSSR count). The Morgan fingerprint density at radius 1 is 1.50 bits per heavy atom. The van der Waals surface area contributed by atoms with Gasteiger partial charge in [-0.05, 0) is 24.6 Å². The van der Waals surface area contributed by atoms with Crippen LogP contribution in [0.15, 0.2) is 24.3 Å². The van der Waals surface area contributed by atoms with Crippen LogP contribution < -0.4 is 5.73 Å². The van der Waals surface area contributed by atoms with Gasteiger partial charge in [0.15, 0.2) is 0 Å². The predicted octanol–water partition coefficient (Wildman–Crippen LogP) is 2.70. The van der Waals surface area contributed by atoms with Crippen molar-refractivity contribution in [2.75, 3.05) is 0 Å². The Bertz CT molecular complexity index is 262. The quantitative estimate of drug-likeness (QED) is 0.757. The molecular weight excluding hydrogens is 177 g/mol. The van der Waals surface area contributed by atoms with E-state index in [1.165, 1.54) is 6.92 Å². The second-order valence-corrected chi connectivity index (χ2v) is 3.19. The molecule has 0 saturated heterocycles. The standard InChI is InChI=1S/C9H11ClFN/c1-6(11)9(12)7-3-2-4-8(10)5-7/h2-6,9H,12H2,1H3. The summed E-state index contributed by atoms with van der Waals surface area (Å²) < 4.78 is 12.7. The molecular formula is C9H11ClFN.